The molecule has 1 N–H and O–H groups in total. The zero-order valence-electron chi connectivity index (χ0n) is 8.37. The number of halogens is 1. The van der Waals surface area contributed by atoms with Crippen molar-refractivity contribution in [1.82, 2.24) is 4.57 Å². The van der Waals surface area contributed by atoms with Crippen molar-refractivity contribution in [2.75, 3.05) is 5.32 Å². The zero-order valence-corrected chi connectivity index (χ0v) is 9.95. The lowest BCUT2D eigenvalue weighted by molar-refractivity contribution is 0.774. The normalized spacial score (nSPS) is 17.9. The maximum absolute atomic E-state index is 3.49. The van der Waals surface area contributed by atoms with E-state index in [-0.39, 0.29) is 0 Å². The number of aromatic nitrogens is 1. The molecule has 0 spiro atoms. The second-order valence-corrected chi connectivity index (χ2v) is 4.75. The Kier molecular flexibility index (Phi) is 1.89. The third-order valence-electron chi connectivity index (χ3n) is 2.81. The Hall–Kier alpha value is -1.22. The molecule has 76 valence electrons. The summed E-state index contributed by atoms with van der Waals surface area (Å²) >= 11 is 3.49. The molecule has 0 fully saturated rings. The molecule has 1 aromatic carbocycles. The van der Waals surface area contributed by atoms with Gasteiger partial charge in [0.15, 0.2) is 0 Å². The van der Waals surface area contributed by atoms with Crippen molar-refractivity contribution in [3.05, 3.63) is 46.7 Å². The Morgan fingerprint density at radius 3 is 3.07 bits per heavy atom. The van der Waals surface area contributed by atoms with Crippen molar-refractivity contribution in [2.45, 2.75) is 13.0 Å². The van der Waals surface area contributed by atoms with Crippen LogP contribution < -0.4 is 5.32 Å². The van der Waals surface area contributed by atoms with Crippen LogP contribution in [0.15, 0.2) is 41.0 Å². The second-order valence-electron chi connectivity index (χ2n) is 3.83. The van der Waals surface area contributed by atoms with Gasteiger partial charge in [0.05, 0.1) is 17.4 Å². The van der Waals surface area contributed by atoms with E-state index >= 15 is 0 Å². The molecule has 15 heavy (non-hydrogen) atoms. The van der Waals surface area contributed by atoms with E-state index in [4.69, 9.17) is 0 Å². The van der Waals surface area contributed by atoms with Crippen LogP contribution in [0.3, 0.4) is 0 Å². The minimum Gasteiger partial charge on any atom is -0.375 e. The summed E-state index contributed by atoms with van der Waals surface area (Å²) in [6.07, 6.45) is 2.11. The van der Waals surface area contributed by atoms with Crippen LogP contribution in [-0.4, -0.2) is 4.57 Å². The third kappa shape index (κ3) is 1.30. The van der Waals surface area contributed by atoms with Gasteiger partial charge in [-0.1, -0.05) is 15.9 Å². The molecule has 0 bridgehead atoms. The summed E-state index contributed by atoms with van der Waals surface area (Å²) in [4.78, 5) is 0. The van der Waals surface area contributed by atoms with E-state index in [1.54, 1.807) is 0 Å². The van der Waals surface area contributed by atoms with Crippen LogP contribution in [0.2, 0.25) is 0 Å². The summed E-state index contributed by atoms with van der Waals surface area (Å²) in [5.74, 6) is 0. The van der Waals surface area contributed by atoms with Gasteiger partial charge in [-0.3, -0.25) is 0 Å². The predicted octanol–water partition coefficient (Wildman–Crippen LogP) is 3.73. The molecular formula is C12H11BrN2. The largest absolute Gasteiger partial charge is 0.375 e. The fourth-order valence-corrected chi connectivity index (χ4v) is 2.47. The van der Waals surface area contributed by atoms with Crippen molar-refractivity contribution in [1.29, 1.82) is 0 Å². The molecule has 0 saturated carbocycles. The van der Waals surface area contributed by atoms with Gasteiger partial charge < -0.3 is 9.88 Å². The van der Waals surface area contributed by atoms with Crippen LogP contribution in [0, 0.1) is 0 Å². The monoisotopic (exact) mass is 262 g/mol. The molecular weight excluding hydrogens is 252 g/mol. The number of hydrogen-bond donors (Lipinski definition) is 1. The summed E-state index contributed by atoms with van der Waals surface area (Å²) in [7, 11) is 0. The van der Waals surface area contributed by atoms with Crippen molar-refractivity contribution < 1.29 is 0 Å². The highest BCUT2D eigenvalue weighted by Crippen LogP contribution is 2.34. The zero-order chi connectivity index (χ0) is 10.4. The predicted molar refractivity (Wildman–Crippen MR) is 65.5 cm³/mol. The lowest BCUT2D eigenvalue weighted by atomic mass is 10.1. The van der Waals surface area contributed by atoms with E-state index in [9.17, 15) is 0 Å². The highest BCUT2D eigenvalue weighted by atomic mass is 79.9. The molecule has 3 heteroatoms. The van der Waals surface area contributed by atoms with Crippen LogP contribution >= 0.6 is 15.9 Å². The fraction of sp³-hybridized carbons (Fsp3) is 0.167. The van der Waals surface area contributed by atoms with Gasteiger partial charge in [-0.15, -0.1) is 0 Å². The Morgan fingerprint density at radius 2 is 2.20 bits per heavy atom. The van der Waals surface area contributed by atoms with E-state index < -0.39 is 0 Å². The van der Waals surface area contributed by atoms with E-state index in [0.29, 0.717) is 6.04 Å². The van der Waals surface area contributed by atoms with Gasteiger partial charge in [-0.05, 0) is 37.3 Å². The molecule has 3 rings (SSSR count). The van der Waals surface area contributed by atoms with E-state index in [1.165, 1.54) is 17.1 Å². The first-order valence-corrected chi connectivity index (χ1v) is 5.79. The molecule has 0 radical (unpaired) electrons. The molecule has 1 aliphatic heterocycles. The minimum absolute atomic E-state index is 0.363. The van der Waals surface area contributed by atoms with Gasteiger partial charge in [0.1, 0.15) is 0 Å². The number of nitrogens with one attached hydrogen (secondary N) is 1. The molecule has 2 aromatic rings. The van der Waals surface area contributed by atoms with Gasteiger partial charge in [-0.25, -0.2) is 0 Å². The summed E-state index contributed by atoms with van der Waals surface area (Å²) in [5.41, 5.74) is 3.71. The Morgan fingerprint density at radius 1 is 1.33 bits per heavy atom. The molecule has 2 heterocycles. The lowest BCUT2D eigenvalue weighted by Gasteiger charge is -2.27. The Bertz CT molecular complexity index is 516. The third-order valence-corrected chi connectivity index (χ3v) is 3.31. The van der Waals surface area contributed by atoms with Crippen LogP contribution in [-0.2, 0) is 0 Å². The van der Waals surface area contributed by atoms with Gasteiger partial charge in [-0.2, -0.15) is 0 Å². The highest BCUT2D eigenvalue weighted by molar-refractivity contribution is 9.10. The van der Waals surface area contributed by atoms with Gasteiger partial charge in [0, 0.05) is 16.4 Å². The first-order chi connectivity index (χ1) is 7.25. The van der Waals surface area contributed by atoms with Crippen molar-refractivity contribution in [3.8, 4) is 5.69 Å². The SMILES string of the molecule is CC1Nc2cc(Br)ccc2-n2cccc21. The number of hydrogen-bond acceptors (Lipinski definition) is 1. The van der Waals surface area contributed by atoms with Crippen molar-refractivity contribution in [2.24, 2.45) is 0 Å². The summed E-state index contributed by atoms with van der Waals surface area (Å²) in [6.45, 7) is 2.18. The van der Waals surface area contributed by atoms with E-state index in [1.807, 2.05) is 0 Å². The van der Waals surface area contributed by atoms with E-state index in [2.05, 4.69) is 69.3 Å². The molecule has 0 saturated heterocycles. The highest BCUT2D eigenvalue weighted by Gasteiger charge is 2.19. The van der Waals surface area contributed by atoms with Crippen LogP contribution in [0.1, 0.15) is 18.7 Å². The number of benzene rings is 1. The number of rotatable bonds is 0. The van der Waals surface area contributed by atoms with Gasteiger partial charge in [0.25, 0.3) is 0 Å². The van der Waals surface area contributed by atoms with Crippen LogP contribution in [0.4, 0.5) is 5.69 Å². The van der Waals surface area contributed by atoms with Crippen molar-refractivity contribution in [3.63, 3.8) is 0 Å². The first kappa shape index (κ1) is 9.04. The summed E-state index contributed by atoms with van der Waals surface area (Å²) in [6, 6.07) is 10.9. The number of anilines is 1. The quantitative estimate of drug-likeness (QED) is 0.766. The minimum atomic E-state index is 0.363. The maximum atomic E-state index is 3.49. The first-order valence-electron chi connectivity index (χ1n) is 4.99. The smallest absolute Gasteiger partial charge is 0.0686 e. The van der Waals surface area contributed by atoms with Gasteiger partial charge in [0.2, 0.25) is 0 Å². The van der Waals surface area contributed by atoms with E-state index in [0.717, 1.165) is 4.47 Å². The molecule has 0 aliphatic carbocycles. The van der Waals surface area contributed by atoms with Crippen molar-refractivity contribution >= 4 is 21.6 Å². The standard InChI is InChI=1S/C12H11BrN2/c1-8-11-3-2-6-15(11)12-5-4-9(13)7-10(12)14-8/h2-8,14H,1H3. The molecule has 2 nitrogen and oxygen atoms in total. The number of fused-ring (bicyclic) bond motifs is 3. The second kappa shape index (κ2) is 3.14. The average molecular weight is 263 g/mol. The molecule has 1 aliphatic rings. The topological polar surface area (TPSA) is 17.0 Å². The Balaban J connectivity index is 2.27. The van der Waals surface area contributed by atoms with Gasteiger partial charge >= 0.3 is 0 Å². The molecule has 1 unspecified atom stereocenters. The number of nitrogens with zero attached hydrogens (tertiary/aromatic N) is 1. The fourth-order valence-electron chi connectivity index (χ4n) is 2.11. The maximum Gasteiger partial charge on any atom is 0.0686 e. The molecule has 0 amide bonds. The summed E-state index contributed by atoms with van der Waals surface area (Å²) < 4.78 is 3.35. The Labute approximate surface area is 97.0 Å². The van der Waals surface area contributed by atoms with Crippen LogP contribution in [0.25, 0.3) is 5.69 Å². The van der Waals surface area contributed by atoms with Crippen LogP contribution in [0.5, 0.6) is 0 Å². The molecule has 1 atom stereocenters. The molecule has 1 aromatic heterocycles. The summed E-state index contributed by atoms with van der Waals surface area (Å²) in [5, 5.41) is 3.49. The lowest BCUT2D eigenvalue weighted by Crippen LogP contribution is -2.18. The average Bonchev–Trinajstić information content (AvgIpc) is 2.66.